The summed E-state index contributed by atoms with van der Waals surface area (Å²) < 4.78 is 5.04. The Morgan fingerprint density at radius 1 is 1.10 bits per heavy atom. The van der Waals surface area contributed by atoms with Gasteiger partial charge in [0.1, 0.15) is 0 Å². The maximum absolute atomic E-state index is 12.0. The predicted octanol–water partition coefficient (Wildman–Crippen LogP) is 2.44. The molecule has 5 nitrogen and oxygen atoms in total. The van der Waals surface area contributed by atoms with Gasteiger partial charge in [0.05, 0.1) is 5.39 Å². The van der Waals surface area contributed by atoms with Crippen LogP contribution in [-0.4, -0.2) is 10.9 Å². The minimum absolute atomic E-state index is 0.0227. The van der Waals surface area contributed by atoms with Crippen LogP contribution in [0.5, 0.6) is 0 Å². The molecule has 5 heteroatoms. The molecule has 0 unspecified atom stereocenters. The average molecular weight is 266 g/mol. The Hall–Kier alpha value is -2.95. The Kier molecular flexibility index (Phi) is 3.01. The van der Waals surface area contributed by atoms with Gasteiger partial charge in [-0.3, -0.25) is 9.78 Å². The van der Waals surface area contributed by atoms with Gasteiger partial charge < -0.3 is 9.73 Å². The number of fused-ring (bicyclic) bond motifs is 1. The zero-order valence-corrected chi connectivity index (χ0v) is 10.4. The molecule has 0 bridgehead atoms. The van der Waals surface area contributed by atoms with Crippen molar-refractivity contribution in [2.45, 2.75) is 0 Å². The number of pyridine rings is 1. The molecule has 1 aromatic carbocycles. The van der Waals surface area contributed by atoms with E-state index < -0.39 is 11.5 Å². The van der Waals surface area contributed by atoms with E-state index in [9.17, 15) is 9.59 Å². The van der Waals surface area contributed by atoms with Crippen LogP contribution in [-0.2, 0) is 0 Å². The van der Waals surface area contributed by atoms with Gasteiger partial charge in [0.2, 0.25) is 0 Å². The minimum Gasteiger partial charge on any atom is -0.417 e. The normalized spacial score (nSPS) is 10.4. The third-order valence-electron chi connectivity index (χ3n) is 2.83. The van der Waals surface area contributed by atoms with Gasteiger partial charge in [-0.2, -0.15) is 0 Å². The standard InChI is InChI=1S/C15H10N2O3/c18-14(17-11-5-7-16-8-6-11)13-9-10-3-1-2-4-12(10)15(19)20-13/h1-9H,(H,16,17,18). The number of nitrogens with zero attached hydrogens (tertiary/aromatic N) is 1. The molecular weight excluding hydrogens is 256 g/mol. The first-order valence-corrected chi connectivity index (χ1v) is 5.98. The van der Waals surface area contributed by atoms with Crippen molar-refractivity contribution in [3.63, 3.8) is 0 Å². The van der Waals surface area contributed by atoms with Crippen molar-refractivity contribution >= 4 is 22.4 Å². The third kappa shape index (κ3) is 2.29. The first-order valence-electron chi connectivity index (χ1n) is 5.98. The van der Waals surface area contributed by atoms with E-state index in [1.165, 1.54) is 0 Å². The molecule has 0 aliphatic heterocycles. The van der Waals surface area contributed by atoms with E-state index >= 15 is 0 Å². The summed E-state index contributed by atoms with van der Waals surface area (Å²) in [6.45, 7) is 0. The number of hydrogen-bond donors (Lipinski definition) is 1. The van der Waals surface area contributed by atoms with Gasteiger partial charge in [-0.05, 0) is 29.7 Å². The molecule has 3 rings (SSSR count). The zero-order valence-electron chi connectivity index (χ0n) is 10.4. The number of amides is 1. The van der Waals surface area contributed by atoms with Gasteiger partial charge in [0.25, 0.3) is 5.91 Å². The predicted molar refractivity (Wildman–Crippen MR) is 74.7 cm³/mol. The largest absolute Gasteiger partial charge is 0.417 e. The summed E-state index contributed by atoms with van der Waals surface area (Å²) in [5.74, 6) is -0.496. The highest BCUT2D eigenvalue weighted by Crippen LogP contribution is 2.13. The second kappa shape index (κ2) is 4.97. The Balaban J connectivity index is 1.98. The van der Waals surface area contributed by atoms with Crippen molar-refractivity contribution in [2.75, 3.05) is 5.32 Å². The monoisotopic (exact) mass is 266 g/mol. The summed E-state index contributed by atoms with van der Waals surface area (Å²) in [5, 5.41) is 3.76. The number of anilines is 1. The Bertz CT molecular complexity index is 825. The smallest absolute Gasteiger partial charge is 0.344 e. The van der Waals surface area contributed by atoms with Gasteiger partial charge in [-0.1, -0.05) is 18.2 Å². The van der Waals surface area contributed by atoms with E-state index in [1.807, 2.05) is 0 Å². The minimum atomic E-state index is -0.525. The second-order valence-electron chi connectivity index (χ2n) is 4.18. The maximum atomic E-state index is 12.0. The highest BCUT2D eigenvalue weighted by Gasteiger charge is 2.12. The molecule has 20 heavy (non-hydrogen) atoms. The van der Waals surface area contributed by atoms with Gasteiger partial charge in [0.15, 0.2) is 5.76 Å². The molecule has 0 spiro atoms. The fourth-order valence-electron chi connectivity index (χ4n) is 1.87. The molecule has 2 heterocycles. The summed E-state index contributed by atoms with van der Waals surface area (Å²) in [5.41, 5.74) is 0.0591. The van der Waals surface area contributed by atoms with E-state index in [4.69, 9.17) is 4.42 Å². The average Bonchev–Trinajstić information content (AvgIpc) is 2.48. The van der Waals surface area contributed by atoms with Crippen LogP contribution >= 0.6 is 0 Å². The van der Waals surface area contributed by atoms with Crippen LogP contribution in [0, 0.1) is 0 Å². The van der Waals surface area contributed by atoms with Crippen LogP contribution in [0.3, 0.4) is 0 Å². The van der Waals surface area contributed by atoms with Crippen molar-refractivity contribution in [1.29, 1.82) is 0 Å². The first kappa shape index (κ1) is 12.1. The lowest BCUT2D eigenvalue weighted by Crippen LogP contribution is -2.14. The van der Waals surface area contributed by atoms with Gasteiger partial charge in [-0.15, -0.1) is 0 Å². The van der Waals surface area contributed by atoms with E-state index in [-0.39, 0.29) is 5.76 Å². The van der Waals surface area contributed by atoms with Gasteiger partial charge in [0, 0.05) is 18.1 Å². The molecule has 3 aromatic rings. The summed E-state index contributed by atoms with van der Waals surface area (Å²) in [7, 11) is 0. The Morgan fingerprint density at radius 2 is 1.85 bits per heavy atom. The van der Waals surface area contributed by atoms with Crippen LogP contribution in [0.1, 0.15) is 10.6 Å². The van der Waals surface area contributed by atoms with Crippen LogP contribution in [0.15, 0.2) is 64.1 Å². The first-order chi connectivity index (χ1) is 9.74. The molecule has 98 valence electrons. The molecule has 2 aromatic heterocycles. The number of carbonyl (C=O) groups is 1. The molecule has 0 radical (unpaired) electrons. The maximum Gasteiger partial charge on any atom is 0.344 e. The number of nitrogens with one attached hydrogen (secondary N) is 1. The molecular formula is C15H10N2O3. The highest BCUT2D eigenvalue weighted by molar-refractivity contribution is 6.03. The quantitative estimate of drug-likeness (QED) is 0.773. The Morgan fingerprint density at radius 3 is 2.65 bits per heavy atom. The topological polar surface area (TPSA) is 72.2 Å². The van der Waals surface area contributed by atoms with Crippen LogP contribution < -0.4 is 10.9 Å². The van der Waals surface area contributed by atoms with Gasteiger partial charge >= 0.3 is 5.63 Å². The second-order valence-corrected chi connectivity index (χ2v) is 4.18. The number of benzene rings is 1. The zero-order chi connectivity index (χ0) is 13.9. The molecule has 1 amide bonds. The van der Waals surface area contributed by atoms with Crippen molar-refractivity contribution in [3.8, 4) is 0 Å². The summed E-state index contributed by atoms with van der Waals surface area (Å²) in [6.07, 6.45) is 3.12. The summed E-state index contributed by atoms with van der Waals surface area (Å²) >= 11 is 0. The van der Waals surface area contributed by atoms with E-state index in [2.05, 4.69) is 10.3 Å². The SMILES string of the molecule is O=C(Nc1ccncc1)c1cc2ccccc2c(=O)o1. The van der Waals surface area contributed by atoms with Crippen molar-refractivity contribution in [2.24, 2.45) is 0 Å². The van der Waals surface area contributed by atoms with Crippen LogP contribution in [0.4, 0.5) is 5.69 Å². The van der Waals surface area contributed by atoms with Crippen molar-refractivity contribution in [1.82, 2.24) is 4.98 Å². The van der Waals surface area contributed by atoms with Crippen molar-refractivity contribution < 1.29 is 9.21 Å². The Labute approximate surface area is 113 Å². The number of carbonyl (C=O) groups excluding carboxylic acids is 1. The molecule has 0 atom stereocenters. The lowest BCUT2D eigenvalue weighted by atomic mass is 10.1. The van der Waals surface area contributed by atoms with Crippen LogP contribution in [0.25, 0.3) is 10.8 Å². The molecule has 0 fully saturated rings. The fraction of sp³-hybridized carbons (Fsp3) is 0. The fourth-order valence-corrected chi connectivity index (χ4v) is 1.87. The summed E-state index contributed by atoms with van der Waals surface area (Å²) in [6, 6.07) is 11.8. The molecule has 0 saturated carbocycles. The molecule has 1 N–H and O–H groups in total. The number of hydrogen-bond acceptors (Lipinski definition) is 4. The summed E-state index contributed by atoms with van der Waals surface area (Å²) in [4.78, 5) is 27.7. The molecule has 0 aliphatic rings. The molecule has 0 aliphatic carbocycles. The van der Waals surface area contributed by atoms with E-state index in [0.29, 0.717) is 16.5 Å². The molecule has 0 saturated heterocycles. The van der Waals surface area contributed by atoms with E-state index in [0.717, 1.165) is 0 Å². The van der Waals surface area contributed by atoms with Crippen LogP contribution in [0.2, 0.25) is 0 Å². The van der Waals surface area contributed by atoms with Crippen molar-refractivity contribution in [3.05, 3.63) is 71.0 Å². The number of rotatable bonds is 2. The lowest BCUT2D eigenvalue weighted by Gasteiger charge is -2.04. The number of aromatic nitrogens is 1. The third-order valence-corrected chi connectivity index (χ3v) is 2.83. The lowest BCUT2D eigenvalue weighted by molar-refractivity contribution is 0.0993. The highest BCUT2D eigenvalue weighted by atomic mass is 16.4. The van der Waals surface area contributed by atoms with E-state index in [1.54, 1.807) is 54.9 Å². The van der Waals surface area contributed by atoms with Gasteiger partial charge in [-0.25, -0.2) is 4.79 Å².